The van der Waals surface area contributed by atoms with Gasteiger partial charge < -0.3 is 19.6 Å². The summed E-state index contributed by atoms with van der Waals surface area (Å²) < 4.78 is 18.7. The van der Waals surface area contributed by atoms with Gasteiger partial charge in [-0.25, -0.2) is 14.0 Å². The van der Waals surface area contributed by atoms with E-state index in [1.807, 2.05) is 17.0 Å². The number of aryl methyl sites for hydroxylation is 1. The maximum Gasteiger partial charge on any atom is 0.328 e. The van der Waals surface area contributed by atoms with Gasteiger partial charge >= 0.3 is 11.9 Å². The number of anilines is 1. The molecule has 0 unspecified atom stereocenters. The van der Waals surface area contributed by atoms with Crippen LogP contribution in [-0.2, 0) is 20.8 Å². The summed E-state index contributed by atoms with van der Waals surface area (Å²) in [5, 5.41) is 20.7. The van der Waals surface area contributed by atoms with Crippen molar-refractivity contribution in [2.45, 2.75) is 31.6 Å². The first-order valence-electron chi connectivity index (χ1n) is 12.1. The molecule has 0 atom stereocenters. The number of carbonyl (C=O) groups excluding carboxylic acids is 1. The van der Waals surface area contributed by atoms with E-state index in [0.717, 1.165) is 62.1 Å². The zero-order valence-corrected chi connectivity index (χ0v) is 20.2. The highest BCUT2D eigenvalue weighted by molar-refractivity contribution is 5.96. The molecular formula is C27H28FN3O6. The number of fused-ring (bicyclic) bond motifs is 2. The molecule has 3 heterocycles. The summed E-state index contributed by atoms with van der Waals surface area (Å²) in [5.74, 6) is -2.37. The molecule has 194 valence electrons. The number of aliphatic carboxylic acids is 2. The molecule has 0 spiro atoms. The fourth-order valence-corrected chi connectivity index (χ4v) is 4.80. The molecule has 5 rings (SSSR count). The Balaban J connectivity index is 0.000000349. The summed E-state index contributed by atoms with van der Waals surface area (Å²) >= 11 is 0. The van der Waals surface area contributed by atoms with Gasteiger partial charge in [-0.15, -0.1) is 0 Å². The Hall–Kier alpha value is -4.05. The quantitative estimate of drug-likeness (QED) is 0.497. The molecule has 2 aromatic carbocycles. The lowest BCUT2D eigenvalue weighted by Gasteiger charge is -2.34. The molecule has 0 radical (unpaired) electrons. The zero-order valence-electron chi connectivity index (χ0n) is 20.2. The van der Waals surface area contributed by atoms with E-state index in [2.05, 4.69) is 22.2 Å². The molecule has 0 saturated carbocycles. The molecule has 3 aromatic rings. The van der Waals surface area contributed by atoms with Crippen LogP contribution in [0.2, 0.25) is 0 Å². The van der Waals surface area contributed by atoms with Gasteiger partial charge in [0, 0.05) is 41.8 Å². The van der Waals surface area contributed by atoms with E-state index in [4.69, 9.17) is 14.7 Å². The van der Waals surface area contributed by atoms with Crippen molar-refractivity contribution in [1.29, 1.82) is 0 Å². The van der Waals surface area contributed by atoms with Crippen LogP contribution in [0.1, 0.15) is 36.4 Å². The molecule has 0 bridgehead atoms. The summed E-state index contributed by atoms with van der Waals surface area (Å²) in [6.45, 7) is 2.95. The topological polar surface area (TPSA) is 124 Å². The smallest absolute Gasteiger partial charge is 0.328 e. The van der Waals surface area contributed by atoms with E-state index in [9.17, 15) is 18.8 Å². The van der Waals surface area contributed by atoms with Crippen LogP contribution in [0.25, 0.3) is 11.0 Å². The second-order valence-corrected chi connectivity index (χ2v) is 9.05. The number of nitrogens with zero attached hydrogens (tertiary/aromatic N) is 3. The Labute approximate surface area is 212 Å². The molecule has 1 aromatic heterocycles. The molecule has 2 aliphatic heterocycles. The fraction of sp³-hybridized carbons (Fsp3) is 0.333. The number of aromatic nitrogens is 1. The minimum Gasteiger partial charge on any atom is -0.478 e. The highest BCUT2D eigenvalue weighted by Crippen LogP contribution is 2.33. The number of benzene rings is 2. The summed E-state index contributed by atoms with van der Waals surface area (Å²) in [7, 11) is 0. The second-order valence-electron chi connectivity index (χ2n) is 9.05. The van der Waals surface area contributed by atoms with E-state index in [0.29, 0.717) is 24.3 Å². The number of amides is 1. The van der Waals surface area contributed by atoms with Crippen LogP contribution in [0.15, 0.2) is 59.1 Å². The third kappa shape index (κ3) is 6.59. The number of hydrogen-bond donors (Lipinski definition) is 2. The van der Waals surface area contributed by atoms with E-state index in [1.54, 1.807) is 6.07 Å². The number of halogens is 1. The number of carboxylic acid groups (broad SMARTS) is 2. The van der Waals surface area contributed by atoms with Crippen molar-refractivity contribution >= 4 is 34.5 Å². The minimum absolute atomic E-state index is 0.179. The Morgan fingerprint density at radius 2 is 1.73 bits per heavy atom. The maximum atomic E-state index is 13.4. The van der Waals surface area contributed by atoms with Crippen molar-refractivity contribution in [3.05, 3.63) is 71.7 Å². The first-order valence-corrected chi connectivity index (χ1v) is 12.1. The van der Waals surface area contributed by atoms with Gasteiger partial charge in [-0.1, -0.05) is 23.4 Å². The number of carbonyl (C=O) groups is 3. The second kappa shape index (κ2) is 11.8. The predicted molar refractivity (Wildman–Crippen MR) is 134 cm³/mol. The molecule has 10 heteroatoms. The van der Waals surface area contributed by atoms with Crippen LogP contribution in [0.3, 0.4) is 0 Å². The lowest BCUT2D eigenvalue weighted by atomic mass is 9.91. The number of rotatable bonds is 5. The van der Waals surface area contributed by atoms with E-state index < -0.39 is 11.9 Å². The van der Waals surface area contributed by atoms with Gasteiger partial charge in [-0.2, -0.15) is 0 Å². The Bertz CT molecular complexity index is 1300. The molecule has 2 aliphatic rings. The van der Waals surface area contributed by atoms with E-state index in [1.165, 1.54) is 17.7 Å². The average Bonchev–Trinajstić information content (AvgIpc) is 3.31. The molecule has 1 saturated heterocycles. The zero-order chi connectivity index (χ0) is 26.4. The Kier molecular flexibility index (Phi) is 8.29. The number of hydrogen-bond acceptors (Lipinski definition) is 6. The molecule has 2 N–H and O–H groups in total. The highest BCUT2D eigenvalue weighted by Gasteiger charge is 2.28. The molecule has 37 heavy (non-hydrogen) atoms. The number of piperidine rings is 1. The largest absolute Gasteiger partial charge is 0.478 e. The van der Waals surface area contributed by atoms with Crippen LogP contribution >= 0.6 is 0 Å². The van der Waals surface area contributed by atoms with Crippen molar-refractivity contribution in [2.75, 3.05) is 31.1 Å². The van der Waals surface area contributed by atoms with Crippen LogP contribution in [0, 0.1) is 5.82 Å². The normalized spacial score (nSPS) is 16.3. The van der Waals surface area contributed by atoms with Gasteiger partial charge in [-0.05, 0) is 62.5 Å². The summed E-state index contributed by atoms with van der Waals surface area (Å²) in [4.78, 5) is 36.3. The maximum absolute atomic E-state index is 13.4. The number of carboxylic acids is 2. The van der Waals surface area contributed by atoms with Gasteiger partial charge in [0.05, 0.1) is 12.2 Å². The standard InChI is InChI=1S/C23H24FN3O2.C4H4O4/c24-18-7-8-19-21(14-18)29-25-23(19)17-9-12-26(13-10-17)15-22(28)27-11-3-5-16-4-1-2-6-20(16)27;5-3(6)1-2-4(7)8/h1-2,4,6-8,14,17H,3,5,9-13,15H2;1-2H,(H,5,6)(H,7,8)/b;2-1+. The third-order valence-corrected chi connectivity index (χ3v) is 6.57. The van der Waals surface area contributed by atoms with Crippen molar-refractivity contribution < 1.29 is 33.5 Å². The van der Waals surface area contributed by atoms with E-state index in [-0.39, 0.29) is 17.6 Å². The molecule has 0 aliphatic carbocycles. The van der Waals surface area contributed by atoms with Crippen LogP contribution in [-0.4, -0.2) is 64.3 Å². The lowest BCUT2D eigenvalue weighted by Crippen LogP contribution is -2.45. The molecule has 9 nitrogen and oxygen atoms in total. The minimum atomic E-state index is -1.26. The van der Waals surface area contributed by atoms with Crippen LogP contribution < -0.4 is 4.90 Å². The van der Waals surface area contributed by atoms with Crippen molar-refractivity contribution in [1.82, 2.24) is 10.1 Å². The molecular weight excluding hydrogens is 481 g/mol. The number of likely N-dealkylation sites (tertiary alicyclic amines) is 1. The van der Waals surface area contributed by atoms with Gasteiger partial charge in [0.25, 0.3) is 0 Å². The summed E-state index contributed by atoms with van der Waals surface area (Å²) in [6.07, 6.45) is 5.02. The van der Waals surface area contributed by atoms with Crippen LogP contribution in [0.4, 0.5) is 10.1 Å². The predicted octanol–water partition coefficient (Wildman–Crippen LogP) is 3.84. The van der Waals surface area contributed by atoms with Crippen molar-refractivity contribution in [2.24, 2.45) is 0 Å². The Morgan fingerprint density at radius 3 is 2.43 bits per heavy atom. The third-order valence-electron chi connectivity index (χ3n) is 6.57. The Morgan fingerprint density at radius 1 is 1.03 bits per heavy atom. The number of para-hydroxylation sites is 1. The molecule has 1 amide bonds. The van der Waals surface area contributed by atoms with Crippen molar-refractivity contribution in [3.63, 3.8) is 0 Å². The summed E-state index contributed by atoms with van der Waals surface area (Å²) in [6, 6.07) is 12.8. The van der Waals surface area contributed by atoms with Gasteiger partial charge in [0.15, 0.2) is 5.58 Å². The fourth-order valence-electron chi connectivity index (χ4n) is 4.80. The van der Waals surface area contributed by atoms with Crippen LogP contribution in [0.5, 0.6) is 0 Å². The average molecular weight is 510 g/mol. The monoisotopic (exact) mass is 509 g/mol. The van der Waals surface area contributed by atoms with Gasteiger partial charge in [0.2, 0.25) is 5.91 Å². The highest BCUT2D eigenvalue weighted by atomic mass is 19.1. The first-order chi connectivity index (χ1) is 17.8. The SMILES string of the molecule is O=C(CN1CCC(c2noc3cc(F)ccc23)CC1)N1CCCc2ccccc21.O=C(O)/C=C/C(=O)O. The van der Waals surface area contributed by atoms with Gasteiger partial charge in [0.1, 0.15) is 5.82 Å². The van der Waals surface area contributed by atoms with Gasteiger partial charge in [-0.3, -0.25) is 9.69 Å². The van der Waals surface area contributed by atoms with Crippen molar-refractivity contribution in [3.8, 4) is 0 Å². The lowest BCUT2D eigenvalue weighted by molar-refractivity contribution is -0.134. The first kappa shape index (κ1) is 26.0. The molecule has 1 fully saturated rings. The van der Waals surface area contributed by atoms with E-state index >= 15 is 0 Å². The summed E-state index contributed by atoms with van der Waals surface area (Å²) in [5.41, 5.74) is 3.75.